The average molecular weight is 264 g/mol. The Balaban J connectivity index is 2.04. The van der Waals surface area contributed by atoms with Crippen molar-refractivity contribution in [1.29, 1.82) is 0 Å². The van der Waals surface area contributed by atoms with Crippen LogP contribution in [-0.2, 0) is 6.54 Å². The van der Waals surface area contributed by atoms with Gasteiger partial charge >= 0.3 is 0 Å². The molecule has 1 aromatic carbocycles. The van der Waals surface area contributed by atoms with Crippen molar-refractivity contribution in [3.63, 3.8) is 0 Å². The van der Waals surface area contributed by atoms with Crippen LogP contribution >= 0.6 is 0 Å². The normalized spacial score (nSPS) is 16.3. The number of methoxy groups -OCH3 is 1. The SMILES string of the molecule is COc1ccc([N+](=O)[O-])cc1CNC1CCCCC1. The standard InChI is InChI=1S/C14H20N2O3/c1-19-14-8-7-13(16(17)18)9-11(14)10-15-12-5-3-2-4-6-12/h7-9,12,15H,2-6,10H2,1H3. The summed E-state index contributed by atoms with van der Waals surface area (Å²) in [5.41, 5.74) is 0.962. The molecule has 0 aliphatic heterocycles. The molecule has 0 atom stereocenters. The van der Waals surface area contributed by atoms with Crippen molar-refractivity contribution < 1.29 is 9.66 Å². The Hall–Kier alpha value is -1.62. The van der Waals surface area contributed by atoms with Gasteiger partial charge < -0.3 is 10.1 Å². The van der Waals surface area contributed by atoms with Gasteiger partial charge in [-0.05, 0) is 18.9 Å². The molecule has 1 N–H and O–H groups in total. The van der Waals surface area contributed by atoms with E-state index in [1.54, 1.807) is 19.2 Å². The fourth-order valence-corrected chi connectivity index (χ4v) is 2.58. The van der Waals surface area contributed by atoms with E-state index < -0.39 is 0 Å². The Bertz CT molecular complexity index is 442. The van der Waals surface area contributed by atoms with E-state index in [-0.39, 0.29) is 10.6 Å². The molecule has 0 aromatic heterocycles. The first-order chi connectivity index (χ1) is 9.20. The molecule has 5 heteroatoms. The zero-order valence-electron chi connectivity index (χ0n) is 11.2. The minimum absolute atomic E-state index is 0.112. The average Bonchev–Trinajstić information content (AvgIpc) is 2.45. The lowest BCUT2D eigenvalue weighted by molar-refractivity contribution is -0.384. The largest absolute Gasteiger partial charge is 0.496 e. The van der Waals surface area contributed by atoms with Gasteiger partial charge in [-0.3, -0.25) is 10.1 Å². The number of nitro groups is 1. The lowest BCUT2D eigenvalue weighted by Gasteiger charge is -2.23. The van der Waals surface area contributed by atoms with Crippen LogP contribution in [0.1, 0.15) is 37.7 Å². The van der Waals surface area contributed by atoms with Gasteiger partial charge in [-0.25, -0.2) is 0 Å². The smallest absolute Gasteiger partial charge is 0.270 e. The van der Waals surface area contributed by atoms with Crippen molar-refractivity contribution >= 4 is 5.69 Å². The van der Waals surface area contributed by atoms with Crippen LogP contribution in [-0.4, -0.2) is 18.1 Å². The van der Waals surface area contributed by atoms with Gasteiger partial charge in [0.2, 0.25) is 0 Å². The second-order valence-corrected chi connectivity index (χ2v) is 4.97. The fraction of sp³-hybridized carbons (Fsp3) is 0.571. The van der Waals surface area contributed by atoms with Crippen LogP contribution < -0.4 is 10.1 Å². The minimum Gasteiger partial charge on any atom is -0.496 e. The topological polar surface area (TPSA) is 64.4 Å². The first-order valence-corrected chi connectivity index (χ1v) is 6.75. The van der Waals surface area contributed by atoms with E-state index in [1.165, 1.54) is 38.2 Å². The molecule has 1 saturated carbocycles. The van der Waals surface area contributed by atoms with E-state index in [0.717, 1.165) is 5.56 Å². The maximum atomic E-state index is 10.8. The molecule has 1 aliphatic carbocycles. The van der Waals surface area contributed by atoms with Gasteiger partial charge in [0.1, 0.15) is 5.75 Å². The van der Waals surface area contributed by atoms with Gasteiger partial charge in [-0.1, -0.05) is 19.3 Å². The van der Waals surface area contributed by atoms with Crippen LogP contribution in [0.25, 0.3) is 0 Å². The molecule has 0 radical (unpaired) electrons. The third-order valence-electron chi connectivity index (χ3n) is 3.66. The summed E-state index contributed by atoms with van der Waals surface area (Å²) in [5.74, 6) is 0.703. The fourth-order valence-electron chi connectivity index (χ4n) is 2.58. The Morgan fingerprint density at radius 2 is 2.11 bits per heavy atom. The maximum Gasteiger partial charge on any atom is 0.270 e. The highest BCUT2D eigenvalue weighted by atomic mass is 16.6. The summed E-state index contributed by atoms with van der Waals surface area (Å²) in [6.07, 6.45) is 6.24. The number of ether oxygens (including phenoxy) is 1. The van der Waals surface area contributed by atoms with Crippen LogP contribution in [0, 0.1) is 10.1 Å². The number of nitro benzene ring substituents is 1. The number of nitrogens with one attached hydrogen (secondary N) is 1. The predicted molar refractivity (Wildman–Crippen MR) is 73.4 cm³/mol. The van der Waals surface area contributed by atoms with Crippen molar-refractivity contribution in [2.75, 3.05) is 7.11 Å². The summed E-state index contributed by atoms with van der Waals surface area (Å²) < 4.78 is 5.26. The second-order valence-electron chi connectivity index (χ2n) is 4.97. The highest BCUT2D eigenvalue weighted by molar-refractivity contribution is 5.43. The number of non-ortho nitro benzene ring substituents is 1. The van der Waals surface area contributed by atoms with Crippen molar-refractivity contribution in [2.24, 2.45) is 0 Å². The van der Waals surface area contributed by atoms with Gasteiger partial charge in [0, 0.05) is 30.3 Å². The number of nitrogens with zero attached hydrogens (tertiary/aromatic N) is 1. The Kier molecular flexibility index (Phi) is 4.74. The van der Waals surface area contributed by atoms with Gasteiger partial charge in [-0.15, -0.1) is 0 Å². The van der Waals surface area contributed by atoms with Crippen LogP contribution in [0.15, 0.2) is 18.2 Å². The van der Waals surface area contributed by atoms with E-state index in [2.05, 4.69) is 5.32 Å². The maximum absolute atomic E-state index is 10.8. The molecular formula is C14H20N2O3. The molecule has 0 bridgehead atoms. The van der Waals surface area contributed by atoms with Crippen molar-refractivity contribution in [2.45, 2.75) is 44.7 Å². The summed E-state index contributed by atoms with van der Waals surface area (Å²) in [4.78, 5) is 10.4. The quantitative estimate of drug-likeness (QED) is 0.656. The first-order valence-electron chi connectivity index (χ1n) is 6.75. The van der Waals surface area contributed by atoms with Crippen LogP contribution in [0.2, 0.25) is 0 Å². The second kappa shape index (κ2) is 6.52. The Morgan fingerprint density at radius 1 is 1.37 bits per heavy atom. The van der Waals surface area contributed by atoms with Crippen LogP contribution in [0.5, 0.6) is 5.75 Å². The molecule has 1 aromatic rings. The van der Waals surface area contributed by atoms with Gasteiger partial charge in [0.05, 0.1) is 12.0 Å². The third-order valence-corrected chi connectivity index (χ3v) is 3.66. The van der Waals surface area contributed by atoms with Crippen molar-refractivity contribution in [1.82, 2.24) is 5.32 Å². The number of hydrogen-bond donors (Lipinski definition) is 1. The zero-order valence-corrected chi connectivity index (χ0v) is 11.2. The molecule has 1 fully saturated rings. The molecule has 0 spiro atoms. The van der Waals surface area contributed by atoms with Crippen molar-refractivity contribution in [3.05, 3.63) is 33.9 Å². The predicted octanol–water partition coefficient (Wildman–Crippen LogP) is 3.03. The van der Waals surface area contributed by atoms with Gasteiger partial charge in [0.25, 0.3) is 5.69 Å². The molecule has 2 rings (SSSR count). The molecule has 0 heterocycles. The summed E-state index contributed by atoms with van der Waals surface area (Å²) in [6, 6.07) is 5.26. The summed E-state index contributed by atoms with van der Waals surface area (Å²) in [7, 11) is 1.59. The monoisotopic (exact) mass is 264 g/mol. The van der Waals surface area contributed by atoms with Gasteiger partial charge in [0.15, 0.2) is 0 Å². The van der Waals surface area contributed by atoms with Gasteiger partial charge in [-0.2, -0.15) is 0 Å². The van der Waals surface area contributed by atoms with Crippen LogP contribution in [0.3, 0.4) is 0 Å². The van der Waals surface area contributed by atoms with Crippen LogP contribution in [0.4, 0.5) is 5.69 Å². The minimum atomic E-state index is -0.371. The Morgan fingerprint density at radius 3 is 2.74 bits per heavy atom. The zero-order chi connectivity index (χ0) is 13.7. The van der Waals surface area contributed by atoms with E-state index in [0.29, 0.717) is 18.3 Å². The number of rotatable bonds is 5. The Labute approximate surface area is 113 Å². The summed E-state index contributed by atoms with van der Waals surface area (Å²) >= 11 is 0. The van der Waals surface area contributed by atoms with E-state index in [9.17, 15) is 10.1 Å². The first kappa shape index (κ1) is 13.8. The van der Waals surface area contributed by atoms with Crippen molar-refractivity contribution in [3.8, 4) is 5.75 Å². The molecule has 5 nitrogen and oxygen atoms in total. The number of hydrogen-bond acceptors (Lipinski definition) is 4. The molecule has 19 heavy (non-hydrogen) atoms. The lowest BCUT2D eigenvalue weighted by Crippen LogP contribution is -2.30. The van der Waals surface area contributed by atoms with E-state index in [1.807, 2.05) is 0 Å². The summed E-state index contributed by atoms with van der Waals surface area (Å²) in [6.45, 7) is 0.621. The van der Waals surface area contributed by atoms with E-state index in [4.69, 9.17) is 4.74 Å². The molecule has 104 valence electrons. The molecular weight excluding hydrogens is 244 g/mol. The highest BCUT2D eigenvalue weighted by Gasteiger charge is 2.15. The molecule has 0 unspecified atom stereocenters. The molecule has 0 amide bonds. The third kappa shape index (κ3) is 3.67. The summed E-state index contributed by atoms with van der Waals surface area (Å²) in [5, 5.41) is 14.3. The number of benzene rings is 1. The highest BCUT2D eigenvalue weighted by Crippen LogP contribution is 2.25. The van der Waals surface area contributed by atoms with E-state index >= 15 is 0 Å². The molecule has 0 saturated heterocycles. The lowest BCUT2D eigenvalue weighted by atomic mass is 9.95. The molecule has 1 aliphatic rings.